The second-order valence-electron chi connectivity index (χ2n) is 4.42. The minimum atomic E-state index is 0.584. The van der Waals surface area contributed by atoms with Crippen molar-refractivity contribution in [1.29, 1.82) is 5.26 Å². The third-order valence-corrected chi connectivity index (χ3v) is 3.83. The normalized spacial score (nSPS) is 14.9. The molecule has 0 radical (unpaired) electrons. The second kappa shape index (κ2) is 5.52. The first-order chi connectivity index (χ1) is 8.22. The van der Waals surface area contributed by atoms with Crippen LogP contribution in [0, 0.1) is 11.3 Å². The molecule has 17 heavy (non-hydrogen) atoms. The van der Waals surface area contributed by atoms with Gasteiger partial charge >= 0.3 is 0 Å². The molecule has 1 aromatic rings. The second-order valence-corrected chi connectivity index (χ2v) is 5.27. The quantitative estimate of drug-likeness (QED) is 0.850. The largest absolute Gasteiger partial charge is 0.398 e. The van der Waals surface area contributed by atoms with Crippen molar-refractivity contribution in [1.82, 2.24) is 4.90 Å². The van der Waals surface area contributed by atoms with Crippen molar-refractivity contribution in [3.63, 3.8) is 0 Å². The number of hydrogen-bond donors (Lipinski definition) is 1. The highest BCUT2D eigenvalue weighted by Crippen LogP contribution is 2.31. The topological polar surface area (TPSA) is 53.0 Å². The van der Waals surface area contributed by atoms with Crippen LogP contribution in [0.15, 0.2) is 22.7 Å². The summed E-state index contributed by atoms with van der Waals surface area (Å²) in [5.41, 5.74) is 7.95. The molecule has 0 atom stereocenters. The predicted octanol–water partition coefficient (Wildman–Crippen LogP) is 2.91. The Morgan fingerprint density at radius 1 is 1.47 bits per heavy atom. The van der Waals surface area contributed by atoms with E-state index in [1.54, 1.807) is 0 Å². The predicted molar refractivity (Wildman–Crippen MR) is 72.2 cm³/mol. The SMILES string of the molecule is N#CCCN(Cc1c(N)cccc1Br)C1CC1. The van der Waals surface area contributed by atoms with Gasteiger partial charge in [0.15, 0.2) is 0 Å². The van der Waals surface area contributed by atoms with Gasteiger partial charge in [-0.2, -0.15) is 5.26 Å². The van der Waals surface area contributed by atoms with E-state index in [0.29, 0.717) is 12.5 Å². The van der Waals surface area contributed by atoms with Crippen LogP contribution in [0.4, 0.5) is 5.69 Å². The van der Waals surface area contributed by atoms with Crippen LogP contribution in [0.1, 0.15) is 24.8 Å². The first kappa shape index (κ1) is 12.4. The number of anilines is 1. The van der Waals surface area contributed by atoms with Gasteiger partial charge in [0, 0.05) is 41.3 Å². The van der Waals surface area contributed by atoms with E-state index in [-0.39, 0.29) is 0 Å². The number of nitrogens with two attached hydrogens (primary N) is 1. The summed E-state index contributed by atoms with van der Waals surface area (Å²) in [5, 5.41) is 8.68. The number of halogens is 1. The zero-order chi connectivity index (χ0) is 12.3. The number of nitrogen functional groups attached to an aromatic ring is 1. The summed E-state index contributed by atoms with van der Waals surface area (Å²) in [7, 11) is 0. The molecule has 90 valence electrons. The van der Waals surface area contributed by atoms with Gasteiger partial charge in [0.05, 0.1) is 6.07 Å². The Balaban J connectivity index is 2.09. The molecule has 0 aromatic heterocycles. The summed E-state index contributed by atoms with van der Waals surface area (Å²) in [6, 6.07) is 8.74. The molecule has 3 nitrogen and oxygen atoms in total. The van der Waals surface area contributed by atoms with Crippen molar-refractivity contribution < 1.29 is 0 Å². The van der Waals surface area contributed by atoms with Gasteiger partial charge in [-0.15, -0.1) is 0 Å². The van der Waals surface area contributed by atoms with Crippen molar-refractivity contribution in [2.24, 2.45) is 0 Å². The molecule has 4 heteroatoms. The van der Waals surface area contributed by atoms with Crippen LogP contribution in [0.25, 0.3) is 0 Å². The standard InChI is InChI=1S/C13H16BrN3/c14-12-3-1-4-13(16)11(12)9-17(8-2-7-15)10-5-6-10/h1,3-4,10H,2,5-6,8-9,16H2. The van der Waals surface area contributed by atoms with E-state index < -0.39 is 0 Å². The van der Waals surface area contributed by atoms with E-state index in [0.717, 1.165) is 28.8 Å². The molecule has 1 saturated carbocycles. The lowest BCUT2D eigenvalue weighted by Crippen LogP contribution is -2.27. The minimum absolute atomic E-state index is 0.584. The summed E-state index contributed by atoms with van der Waals surface area (Å²) >= 11 is 3.54. The molecule has 1 fully saturated rings. The van der Waals surface area contributed by atoms with E-state index >= 15 is 0 Å². The van der Waals surface area contributed by atoms with Crippen LogP contribution in [0.2, 0.25) is 0 Å². The highest BCUT2D eigenvalue weighted by Gasteiger charge is 2.29. The number of rotatable bonds is 5. The third-order valence-electron chi connectivity index (χ3n) is 3.09. The summed E-state index contributed by atoms with van der Waals surface area (Å²) in [6.45, 7) is 1.67. The lowest BCUT2D eigenvalue weighted by atomic mass is 10.1. The van der Waals surface area contributed by atoms with Gasteiger partial charge in [-0.25, -0.2) is 0 Å². The molecule has 0 aliphatic heterocycles. The van der Waals surface area contributed by atoms with E-state index in [9.17, 15) is 0 Å². The van der Waals surface area contributed by atoms with Crippen LogP contribution in [0.5, 0.6) is 0 Å². The Bertz CT molecular complexity index is 415. The average molecular weight is 294 g/mol. The monoisotopic (exact) mass is 293 g/mol. The van der Waals surface area contributed by atoms with E-state index in [2.05, 4.69) is 26.9 Å². The molecular weight excluding hydrogens is 278 g/mol. The molecule has 0 heterocycles. The number of benzene rings is 1. The first-order valence-corrected chi connectivity index (χ1v) is 6.65. The van der Waals surface area contributed by atoms with Crippen LogP contribution < -0.4 is 5.73 Å². The maximum Gasteiger partial charge on any atom is 0.0635 e. The Morgan fingerprint density at radius 2 is 2.24 bits per heavy atom. The maximum atomic E-state index is 8.68. The first-order valence-electron chi connectivity index (χ1n) is 5.86. The van der Waals surface area contributed by atoms with Crippen molar-refractivity contribution >= 4 is 21.6 Å². The Morgan fingerprint density at radius 3 is 2.82 bits per heavy atom. The summed E-state index contributed by atoms with van der Waals surface area (Å²) < 4.78 is 1.06. The van der Waals surface area contributed by atoms with Gasteiger partial charge in [0.25, 0.3) is 0 Å². The zero-order valence-corrected chi connectivity index (χ0v) is 11.3. The molecule has 1 aliphatic rings. The van der Waals surface area contributed by atoms with Crippen LogP contribution in [0.3, 0.4) is 0 Å². The highest BCUT2D eigenvalue weighted by molar-refractivity contribution is 9.10. The van der Waals surface area contributed by atoms with Gasteiger partial charge in [-0.1, -0.05) is 22.0 Å². The highest BCUT2D eigenvalue weighted by atomic mass is 79.9. The molecule has 0 saturated heterocycles. The van der Waals surface area contributed by atoms with E-state index in [1.807, 2.05) is 18.2 Å². The van der Waals surface area contributed by atoms with Gasteiger partial charge < -0.3 is 5.73 Å². The Kier molecular flexibility index (Phi) is 4.03. The van der Waals surface area contributed by atoms with Crippen molar-refractivity contribution in [2.75, 3.05) is 12.3 Å². The molecule has 2 rings (SSSR count). The van der Waals surface area contributed by atoms with Gasteiger partial charge in [-0.05, 0) is 25.0 Å². The third kappa shape index (κ3) is 3.21. The van der Waals surface area contributed by atoms with Crippen LogP contribution in [-0.2, 0) is 6.54 Å². The molecule has 1 aromatic carbocycles. The number of hydrogen-bond acceptors (Lipinski definition) is 3. The smallest absolute Gasteiger partial charge is 0.0635 e. The molecule has 0 amide bonds. The van der Waals surface area contributed by atoms with E-state index in [4.69, 9.17) is 11.0 Å². The number of nitrogens with zero attached hydrogens (tertiary/aromatic N) is 2. The summed E-state index contributed by atoms with van der Waals surface area (Å²) in [5.74, 6) is 0. The molecular formula is C13H16BrN3. The van der Waals surface area contributed by atoms with Gasteiger partial charge in [0.1, 0.15) is 0 Å². The lowest BCUT2D eigenvalue weighted by Gasteiger charge is -2.22. The van der Waals surface area contributed by atoms with Crippen LogP contribution >= 0.6 is 15.9 Å². The molecule has 0 bridgehead atoms. The fourth-order valence-electron chi connectivity index (χ4n) is 1.97. The Labute approximate surface area is 110 Å². The summed E-state index contributed by atoms with van der Waals surface area (Å²) in [6.07, 6.45) is 3.08. The summed E-state index contributed by atoms with van der Waals surface area (Å²) in [4.78, 5) is 2.36. The fraction of sp³-hybridized carbons (Fsp3) is 0.462. The van der Waals surface area contributed by atoms with Gasteiger partial charge in [-0.3, -0.25) is 4.90 Å². The molecule has 0 unspecified atom stereocenters. The Hall–Kier alpha value is -1.05. The maximum absolute atomic E-state index is 8.68. The lowest BCUT2D eigenvalue weighted by molar-refractivity contribution is 0.261. The van der Waals surface area contributed by atoms with Crippen molar-refractivity contribution in [3.05, 3.63) is 28.2 Å². The fourth-order valence-corrected chi connectivity index (χ4v) is 2.48. The zero-order valence-electron chi connectivity index (χ0n) is 9.69. The van der Waals surface area contributed by atoms with E-state index in [1.165, 1.54) is 12.8 Å². The molecule has 1 aliphatic carbocycles. The molecule has 0 spiro atoms. The van der Waals surface area contributed by atoms with Crippen LogP contribution in [-0.4, -0.2) is 17.5 Å². The number of nitriles is 1. The van der Waals surface area contributed by atoms with Crippen molar-refractivity contribution in [3.8, 4) is 6.07 Å². The minimum Gasteiger partial charge on any atom is -0.398 e. The van der Waals surface area contributed by atoms with Crippen molar-refractivity contribution in [2.45, 2.75) is 31.8 Å². The average Bonchev–Trinajstić information content (AvgIpc) is 3.12. The molecule has 2 N–H and O–H groups in total. The van der Waals surface area contributed by atoms with Gasteiger partial charge in [0.2, 0.25) is 0 Å².